The van der Waals surface area contributed by atoms with Gasteiger partial charge in [0.2, 0.25) is 0 Å². The van der Waals surface area contributed by atoms with Crippen LogP contribution in [0.2, 0.25) is 0 Å². The molecule has 0 saturated carbocycles. The van der Waals surface area contributed by atoms with E-state index in [1.807, 2.05) is 11.7 Å². The van der Waals surface area contributed by atoms with E-state index >= 15 is 0 Å². The van der Waals surface area contributed by atoms with Crippen LogP contribution in [0.5, 0.6) is 0 Å². The summed E-state index contributed by atoms with van der Waals surface area (Å²) in [5, 5.41) is 6.84. The lowest BCUT2D eigenvalue weighted by molar-refractivity contribution is 0.132. The molecule has 1 aliphatic heterocycles. The third-order valence-corrected chi connectivity index (χ3v) is 3.73. The molecule has 0 amide bonds. The number of aryl methyl sites for hydroxylation is 2. The van der Waals surface area contributed by atoms with Gasteiger partial charge in [-0.25, -0.2) is 10.4 Å². The van der Waals surface area contributed by atoms with Crippen LogP contribution in [0.4, 0.5) is 0 Å². The van der Waals surface area contributed by atoms with Gasteiger partial charge in [-0.1, -0.05) is 6.42 Å². The highest BCUT2D eigenvalue weighted by atomic mass is 15.5. The quantitative estimate of drug-likeness (QED) is 0.872. The van der Waals surface area contributed by atoms with Crippen molar-refractivity contribution in [3.05, 3.63) is 17.0 Å². The molecule has 0 radical (unpaired) electrons. The number of hydrogen-bond acceptors (Lipinski definition) is 3. The number of rotatable bonds is 3. The molecule has 1 N–H and O–H groups in total. The van der Waals surface area contributed by atoms with E-state index in [0.717, 1.165) is 5.69 Å². The first-order valence-electron chi connectivity index (χ1n) is 6.61. The molecule has 17 heavy (non-hydrogen) atoms. The van der Waals surface area contributed by atoms with Crippen LogP contribution in [0.3, 0.4) is 0 Å². The standard InChI is InChI=1S/C13H24N4/c1-10-13(12(3)16(4)14-10)11(2)15-17-8-6-5-7-9-17/h11,15H,5-9H2,1-4H3. The number of hydrazine groups is 1. The average molecular weight is 236 g/mol. The molecule has 1 aromatic rings. The molecule has 0 aliphatic carbocycles. The maximum atomic E-state index is 4.48. The molecule has 0 bridgehead atoms. The first-order valence-corrected chi connectivity index (χ1v) is 6.61. The second-order valence-corrected chi connectivity index (χ2v) is 5.11. The van der Waals surface area contributed by atoms with Crippen LogP contribution >= 0.6 is 0 Å². The van der Waals surface area contributed by atoms with E-state index in [1.165, 1.54) is 43.6 Å². The molecule has 2 heterocycles. The van der Waals surface area contributed by atoms with Crippen LogP contribution in [0, 0.1) is 13.8 Å². The van der Waals surface area contributed by atoms with E-state index in [2.05, 4.69) is 36.3 Å². The largest absolute Gasteiger partial charge is 0.272 e. The van der Waals surface area contributed by atoms with Gasteiger partial charge in [-0.3, -0.25) is 4.68 Å². The molecule has 4 heteroatoms. The summed E-state index contributed by atoms with van der Waals surface area (Å²) in [5.41, 5.74) is 7.36. The minimum atomic E-state index is 0.349. The highest BCUT2D eigenvalue weighted by Crippen LogP contribution is 2.21. The predicted molar refractivity (Wildman–Crippen MR) is 69.7 cm³/mol. The van der Waals surface area contributed by atoms with Crippen LogP contribution in [0.1, 0.15) is 49.2 Å². The maximum Gasteiger partial charge on any atom is 0.0644 e. The van der Waals surface area contributed by atoms with Gasteiger partial charge in [0.15, 0.2) is 0 Å². The predicted octanol–water partition coefficient (Wildman–Crippen LogP) is 2.09. The number of nitrogens with zero attached hydrogens (tertiary/aromatic N) is 3. The Bertz CT molecular complexity index is 377. The number of hydrogen-bond donors (Lipinski definition) is 1. The number of piperidine rings is 1. The van der Waals surface area contributed by atoms with Crippen LogP contribution in [0.25, 0.3) is 0 Å². The summed E-state index contributed by atoms with van der Waals surface area (Å²) < 4.78 is 1.97. The van der Waals surface area contributed by atoms with Crippen molar-refractivity contribution in [3.8, 4) is 0 Å². The van der Waals surface area contributed by atoms with Crippen LogP contribution in [-0.2, 0) is 7.05 Å². The topological polar surface area (TPSA) is 33.1 Å². The van der Waals surface area contributed by atoms with Crippen molar-refractivity contribution in [2.45, 2.75) is 46.1 Å². The monoisotopic (exact) mass is 236 g/mol. The zero-order valence-corrected chi connectivity index (χ0v) is 11.5. The van der Waals surface area contributed by atoms with Crippen LogP contribution < -0.4 is 5.43 Å². The van der Waals surface area contributed by atoms with Crippen LogP contribution in [-0.4, -0.2) is 27.9 Å². The smallest absolute Gasteiger partial charge is 0.0644 e. The number of nitrogens with one attached hydrogen (secondary N) is 1. The zero-order valence-electron chi connectivity index (χ0n) is 11.5. The average Bonchev–Trinajstić information content (AvgIpc) is 2.54. The van der Waals surface area contributed by atoms with Crippen molar-refractivity contribution in [1.29, 1.82) is 0 Å². The van der Waals surface area contributed by atoms with Crippen molar-refractivity contribution in [2.24, 2.45) is 7.05 Å². The summed E-state index contributed by atoms with van der Waals surface area (Å²) >= 11 is 0. The van der Waals surface area contributed by atoms with Crippen molar-refractivity contribution in [2.75, 3.05) is 13.1 Å². The van der Waals surface area contributed by atoms with E-state index in [0.29, 0.717) is 6.04 Å². The first kappa shape index (κ1) is 12.6. The molecule has 1 aliphatic rings. The summed E-state index contributed by atoms with van der Waals surface area (Å²) in [6, 6.07) is 0.349. The Labute approximate surface area is 104 Å². The minimum absolute atomic E-state index is 0.349. The normalized spacial score (nSPS) is 19.5. The molecule has 1 fully saturated rings. The van der Waals surface area contributed by atoms with Gasteiger partial charge in [-0.05, 0) is 33.6 Å². The van der Waals surface area contributed by atoms with E-state index < -0.39 is 0 Å². The molecule has 1 saturated heterocycles. The van der Waals surface area contributed by atoms with Gasteiger partial charge in [0, 0.05) is 37.4 Å². The fourth-order valence-corrected chi connectivity index (χ4v) is 2.78. The van der Waals surface area contributed by atoms with Crippen molar-refractivity contribution in [3.63, 3.8) is 0 Å². The molecule has 1 unspecified atom stereocenters. The molecular formula is C13H24N4. The second kappa shape index (κ2) is 5.19. The third kappa shape index (κ3) is 2.69. The molecule has 4 nitrogen and oxygen atoms in total. The van der Waals surface area contributed by atoms with Gasteiger partial charge in [0.1, 0.15) is 0 Å². The second-order valence-electron chi connectivity index (χ2n) is 5.11. The van der Waals surface area contributed by atoms with Gasteiger partial charge in [0.25, 0.3) is 0 Å². The van der Waals surface area contributed by atoms with E-state index in [9.17, 15) is 0 Å². The molecular weight excluding hydrogens is 212 g/mol. The Morgan fingerprint density at radius 2 is 1.82 bits per heavy atom. The third-order valence-electron chi connectivity index (χ3n) is 3.73. The molecule has 96 valence electrons. The van der Waals surface area contributed by atoms with E-state index in [4.69, 9.17) is 0 Å². The lowest BCUT2D eigenvalue weighted by atomic mass is 10.1. The van der Waals surface area contributed by atoms with E-state index in [-0.39, 0.29) is 0 Å². The lowest BCUT2D eigenvalue weighted by Crippen LogP contribution is -2.43. The molecule has 1 aromatic heterocycles. The Hall–Kier alpha value is -0.870. The van der Waals surface area contributed by atoms with Gasteiger partial charge >= 0.3 is 0 Å². The minimum Gasteiger partial charge on any atom is -0.272 e. The van der Waals surface area contributed by atoms with Gasteiger partial charge < -0.3 is 0 Å². The summed E-state index contributed by atoms with van der Waals surface area (Å²) in [5.74, 6) is 0. The molecule has 0 aromatic carbocycles. The fourth-order valence-electron chi connectivity index (χ4n) is 2.78. The Balaban J connectivity index is 2.05. The van der Waals surface area contributed by atoms with Gasteiger partial charge in [-0.15, -0.1) is 0 Å². The first-order chi connectivity index (χ1) is 8.09. The maximum absolute atomic E-state index is 4.48. The summed E-state index contributed by atoms with van der Waals surface area (Å²) in [4.78, 5) is 0. The summed E-state index contributed by atoms with van der Waals surface area (Å²) in [6.45, 7) is 8.80. The SMILES string of the molecule is Cc1nn(C)c(C)c1C(C)NN1CCCCC1. The van der Waals surface area contributed by atoms with Gasteiger partial charge in [0.05, 0.1) is 5.69 Å². The van der Waals surface area contributed by atoms with E-state index in [1.54, 1.807) is 0 Å². The Morgan fingerprint density at radius 1 is 1.18 bits per heavy atom. The van der Waals surface area contributed by atoms with Crippen molar-refractivity contribution >= 4 is 0 Å². The van der Waals surface area contributed by atoms with Crippen molar-refractivity contribution in [1.82, 2.24) is 20.2 Å². The fraction of sp³-hybridized carbons (Fsp3) is 0.769. The Morgan fingerprint density at radius 3 is 2.35 bits per heavy atom. The molecule has 2 rings (SSSR count). The lowest BCUT2D eigenvalue weighted by Gasteiger charge is -2.30. The van der Waals surface area contributed by atoms with Crippen molar-refractivity contribution < 1.29 is 0 Å². The van der Waals surface area contributed by atoms with Gasteiger partial charge in [-0.2, -0.15) is 5.10 Å². The summed E-state index contributed by atoms with van der Waals surface area (Å²) in [6.07, 6.45) is 3.99. The molecule has 0 spiro atoms. The highest BCUT2D eigenvalue weighted by molar-refractivity contribution is 5.27. The zero-order chi connectivity index (χ0) is 12.4. The molecule has 1 atom stereocenters. The number of aromatic nitrogens is 2. The summed E-state index contributed by atoms with van der Waals surface area (Å²) in [7, 11) is 2.01. The Kier molecular flexibility index (Phi) is 3.84. The van der Waals surface area contributed by atoms with Crippen LogP contribution in [0.15, 0.2) is 0 Å². The highest BCUT2D eigenvalue weighted by Gasteiger charge is 2.19.